The van der Waals surface area contributed by atoms with Crippen LogP contribution in [0.25, 0.3) is 11.3 Å². The molecule has 8 heteroatoms. The van der Waals surface area contributed by atoms with E-state index < -0.39 is 0 Å². The Morgan fingerprint density at radius 1 is 1.18 bits per heavy atom. The van der Waals surface area contributed by atoms with E-state index in [2.05, 4.69) is 15.6 Å². The highest BCUT2D eigenvalue weighted by Crippen LogP contribution is 2.16. The van der Waals surface area contributed by atoms with Crippen LogP contribution in [-0.2, 0) is 17.8 Å². The van der Waals surface area contributed by atoms with Gasteiger partial charge in [0.25, 0.3) is 5.56 Å². The largest absolute Gasteiger partial charge is 0.361 e. The topological polar surface area (TPSA) is 90.0 Å². The molecule has 28 heavy (non-hydrogen) atoms. The van der Waals surface area contributed by atoms with Crippen LogP contribution in [0.2, 0.25) is 0 Å². The number of aryl methyl sites for hydroxylation is 2. The molecule has 0 aliphatic rings. The zero-order chi connectivity index (χ0) is 20.1. The molecule has 3 aromatic rings. The second-order valence-electron chi connectivity index (χ2n) is 6.44. The Morgan fingerprint density at radius 2 is 1.93 bits per heavy atom. The van der Waals surface area contributed by atoms with Crippen molar-refractivity contribution in [2.45, 2.75) is 33.2 Å². The molecule has 1 N–H and O–H groups in total. The predicted molar refractivity (Wildman–Crippen MR) is 101 cm³/mol. The van der Waals surface area contributed by atoms with Gasteiger partial charge in [-0.05, 0) is 50.6 Å². The Labute approximate surface area is 161 Å². The third kappa shape index (κ3) is 4.70. The standard InChI is InChI=1S/C20H21FN4O3/c1-13-17(14(2)28-24-13)7-9-19(26)22-11-12-25-20(27)10-8-18(23-25)15-3-5-16(21)6-4-15/h3-6,8,10H,7,9,11-12H2,1-2H3,(H,22,26). The van der Waals surface area contributed by atoms with Gasteiger partial charge in [-0.15, -0.1) is 0 Å². The molecule has 0 saturated heterocycles. The Kier molecular flexibility index (Phi) is 5.98. The van der Waals surface area contributed by atoms with Gasteiger partial charge in [-0.3, -0.25) is 9.59 Å². The molecule has 2 heterocycles. The molecule has 0 aliphatic carbocycles. The molecule has 0 bridgehead atoms. The first kappa shape index (κ1) is 19.5. The highest BCUT2D eigenvalue weighted by atomic mass is 19.1. The first-order chi connectivity index (χ1) is 13.4. The number of hydrogen-bond donors (Lipinski definition) is 1. The number of rotatable bonds is 7. The van der Waals surface area contributed by atoms with Crippen molar-refractivity contribution in [1.29, 1.82) is 0 Å². The number of hydrogen-bond acceptors (Lipinski definition) is 5. The van der Waals surface area contributed by atoms with E-state index in [1.807, 2.05) is 13.8 Å². The number of benzene rings is 1. The molecule has 0 atom stereocenters. The van der Waals surface area contributed by atoms with Crippen LogP contribution in [0.5, 0.6) is 0 Å². The lowest BCUT2D eigenvalue weighted by Gasteiger charge is -2.09. The van der Waals surface area contributed by atoms with Crippen molar-refractivity contribution in [3.63, 3.8) is 0 Å². The maximum atomic E-state index is 13.1. The summed E-state index contributed by atoms with van der Waals surface area (Å²) in [6, 6.07) is 8.88. The molecular weight excluding hydrogens is 363 g/mol. The van der Waals surface area contributed by atoms with Crippen LogP contribution in [-0.4, -0.2) is 27.4 Å². The van der Waals surface area contributed by atoms with E-state index in [4.69, 9.17) is 4.52 Å². The number of aromatic nitrogens is 3. The Bertz CT molecular complexity index is 1010. The number of carbonyl (C=O) groups excluding carboxylic acids is 1. The molecule has 1 amide bonds. The predicted octanol–water partition coefficient (Wildman–Crippen LogP) is 2.40. The maximum Gasteiger partial charge on any atom is 0.266 e. The van der Waals surface area contributed by atoms with Crippen LogP contribution < -0.4 is 10.9 Å². The molecule has 0 radical (unpaired) electrons. The number of amides is 1. The van der Waals surface area contributed by atoms with Crippen LogP contribution in [0.15, 0.2) is 45.7 Å². The van der Waals surface area contributed by atoms with Crippen molar-refractivity contribution >= 4 is 5.91 Å². The molecule has 1 aromatic carbocycles. The molecule has 0 fully saturated rings. The second kappa shape index (κ2) is 8.60. The van der Waals surface area contributed by atoms with Crippen molar-refractivity contribution in [3.05, 3.63) is 69.6 Å². The minimum absolute atomic E-state index is 0.122. The van der Waals surface area contributed by atoms with E-state index in [0.29, 0.717) is 24.1 Å². The van der Waals surface area contributed by atoms with Gasteiger partial charge in [-0.1, -0.05) is 5.16 Å². The number of carbonyl (C=O) groups is 1. The molecule has 0 spiro atoms. The van der Waals surface area contributed by atoms with E-state index in [9.17, 15) is 14.0 Å². The van der Waals surface area contributed by atoms with Crippen molar-refractivity contribution in [3.8, 4) is 11.3 Å². The monoisotopic (exact) mass is 384 g/mol. The average Bonchev–Trinajstić information content (AvgIpc) is 3.00. The summed E-state index contributed by atoms with van der Waals surface area (Å²) in [5.74, 6) is 0.262. The van der Waals surface area contributed by atoms with Gasteiger partial charge in [-0.25, -0.2) is 9.07 Å². The smallest absolute Gasteiger partial charge is 0.266 e. The van der Waals surface area contributed by atoms with E-state index in [1.54, 1.807) is 18.2 Å². The fourth-order valence-corrected chi connectivity index (χ4v) is 2.87. The zero-order valence-electron chi connectivity index (χ0n) is 15.7. The normalized spacial score (nSPS) is 10.8. The minimum Gasteiger partial charge on any atom is -0.361 e. The summed E-state index contributed by atoms with van der Waals surface area (Å²) in [5, 5.41) is 10.9. The summed E-state index contributed by atoms with van der Waals surface area (Å²) in [6.07, 6.45) is 0.853. The Hall–Kier alpha value is -3.29. The third-order valence-corrected chi connectivity index (χ3v) is 4.44. The summed E-state index contributed by atoms with van der Waals surface area (Å²) in [5.41, 5.74) is 2.73. The van der Waals surface area contributed by atoms with E-state index in [0.717, 1.165) is 17.0 Å². The molecule has 2 aromatic heterocycles. The van der Waals surface area contributed by atoms with Crippen LogP contribution in [0, 0.1) is 19.7 Å². The zero-order valence-corrected chi connectivity index (χ0v) is 15.7. The van der Waals surface area contributed by atoms with E-state index in [-0.39, 0.29) is 30.4 Å². The molecule has 0 unspecified atom stereocenters. The van der Waals surface area contributed by atoms with Crippen molar-refractivity contribution in [1.82, 2.24) is 20.3 Å². The van der Waals surface area contributed by atoms with Crippen LogP contribution in [0.1, 0.15) is 23.4 Å². The molecule has 3 rings (SSSR count). The summed E-state index contributed by atoms with van der Waals surface area (Å²) in [7, 11) is 0. The lowest BCUT2D eigenvalue weighted by Crippen LogP contribution is -2.32. The van der Waals surface area contributed by atoms with Crippen molar-refractivity contribution in [2.75, 3.05) is 6.54 Å². The summed E-state index contributed by atoms with van der Waals surface area (Å²) >= 11 is 0. The van der Waals surface area contributed by atoms with Gasteiger partial charge in [0.2, 0.25) is 5.91 Å². The number of nitrogens with one attached hydrogen (secondary N) is 1. The van der Waals surface area contributed by atoms with E-state index in [1.165, 1.54) is 22.9 Å². The number of nitrogens with zero attached hydrogens (tertiary/aromatic N) is 3. The first-order valence-electron chi connectivity index (χ1n) is 8.96. The second-order valence-corrected chi connectivity index (χ2v) is 6.44. The third-order valence-electron chi connectivity index (χ3n) is 4.44. The first-order valence-corrected chi connectivity index (χ1v) is 8.96. The quantitative estimate of drug-likeness (QED) is 0.676. The fraction of sp³-hybridized carbons (Fsp3) is 0.300. The SMILES string of the molecule is Cc1noc(C)c1CCC(=O)NCCn1nc(-c2ccc(F)cc2)ccc1=O. The summed E-state index contributed by atoms with van der Waals surface area (Å²) in [4.78, 5) is 24.0. The van der Waals surface area contributed by atoms with Gasteiger partial charge in [0.05, 0.1) is 17.9 Å². The van der Waals surface area contributed by atoms with Gasteiger partial charge >= 0.3 is 0 Å². The average molecular weight is 384 g/mol. The van der Waals surface area contributed by atoms with Crippen LogP contribution >= 0.6 is 0 Å². The van der Waals surface area contributed by atoms with Gasteiger partial charge in [0, 0.05) is 30.2 Å². The maximum absolute atomic E-state index is 13.1. The van der Waals surface area contributed by atoms with Gasteiger partial charge in [0.1, 0.15) is 11.6 Å². The highest BCUT2D eigenvalue weighted by molar-refractivity contribution is 5.76. The molecule has 0 saturated carbocycles. The van der Waals surface area contributed by atoms with Crippen molar-refractivity contribution in [2.24, 2.45) is 0 Å². The lowest BCUT2D eigenvalue weighted by molar-refractivity contribution is -0.121. The van der Waals surface area contributed by atoms with Gasteiger partial charge < -0.3 is 9.84 Å². The molecule has 0 aliphatic heterocycles. The Balaban J connectivity index is 1.55. The van der Waals surface area contributed by atoms with Crippen molar-refractivity contribution < 1.29 is 13.7 Å². The van der Waals surface area contributed by atoms with Gasteiger partial charge in [0.15, 0.2) is 0 Å². The summed E-state index contributed by atoms with van der Waals surface area (Å²) in [6.45, 7) is 4.18. The highest BCUT2D eigenvalue weighted by Gasteiger charge is 2.11. The fourth-order valence-electron chi connectivity index (χ4n) is 2.87. The van der Waals surface area contributed by atoms with E-state index >= 15 is 0 Å². The summed E-state index contributed by atoms with van der Waals surface area (Å²) < 4.78 is 19.4. The van der Waals surface area contributed by atoms with Gasteiger partial charge in [-0.2, -0.15) is 5.10 Å². The number of halogens is 1. The molecule has 7 nitrogen and oxygen atoms in total. The lowest BCUT2D eigenvalue weighted by atomic mass is 10.1. The molecular formula is C20H21FN4O3. The Morgan fingerprint density at radius 3 is 2.61 bits per heavy atom. The van der Waals surface area contributed by atoms with Crippen LogP contribution in [0.3, 0.4) is 0 Å². The minimum atomic E-state index is -0.337. The van der Waals surface area contributed by atoms with Crippen LogP contribution in [0.4, 0.5) is 4.39 Å². The molecule has 146 valence electrons.